The van der Waals surface area contributed by atoms with Crippen LogP contribution in [0.2, 0.25) is 0 Å². The maximum absolute atomic E-state index is 9.17. The normalized spacial score (nSPS) is 12.4. The Morgan fingerprint density at radius 2 is 0.959 bits per heavy atom. The summed E-state index contributed by atoms with van der Waals surface area (Å²) in [6.45, 7) is 0. The van der Waals surface area contributed by atoms with E-state index in [1.807, 2.05) is 115 Å². The molecule has 230 valence electrons. The van der Waals surface area contributed by atoms with E-state index in [2.05, 4.69) is 24.3 Å². The number of rotatable bonds is 6. The standard InChI is InChI=1S/C45H29N3O/c1-4-13-30(14-5-1)32-25-27-34(28-26-32)43-46-44(36-20-10-19-35(29-36)31-15-6-2-7-16-31)48-45(47-43)39-23-11-22-38-41-37(33-17-8-3-9-18-33)21-12-24-40(41)49-42(38)39/h1-29H/i12D,22D,23D,24D. The minimum absolute atomic E-state index is 0.000932. The van der Waals surface area contributed by atoms with Crippen LogP contribution in [-0.2, 0) is 0 Å². The van der Waals surface area contributed by atoms with Crippen molar-refractivity contribution >= 4 is 21.9 Å². The molecule has 2 heterocycles. The molecule has 0 spiro atoms. The van der Waals surface area contributed by atoms with E-state index >= 15 is 0 Å². The molecule has 0 bridgehead atoms. The topological polar surface area (TPSA) is 51.8 Å². The van der Waals surface area contributed by atoms with Crippen molar-refractivity contribution in [1.29, 1.82) is 0 Å². The summed E-state index contributed by atoms with van der Waals surface area (Å²) in [5.41, 5.74) is 7.89. The van der Waals surface area contributed by atoms with Crippen LogP contribution in [0.5, 0.6) is 0 Å². The van der Waals surface area contributed by atoms with Crippen LogP contribution in [0.25, 0.3) is 89.5 Å². The predicted octanol–water partition coefficient (Wildman–Crippen LogP) is 11.8. The van der Waals surface area contributed by atoms with Crippen LogP contribution in [-0.4, -0.2) is 15.0 Å². The number of fused-ring (bicyclic) bond motifs is 3. The van der Waals surface area contributed by atoms with E-state index in [4.69, 9.17) is 23.5 Å². The van der Waals surface area contributed by atoms with Crippen molar-refractivity contribution in [1.82, 2.24) is 15.0 Å². The quantitative estimate of drug-likeness (QED) is 0.183. The van der Waals surface area contributed by atoms with E-state index in [9.17, 15) is 1.37 Å². The van der Waals surface area contributed by atoms with Gasteiger partial charge >= 0.3 is 0 Å². The summed E-state index contributed by atoms with van der Waals surface area (Å²) < 4.78 is 42.1. The molecule has 9 rings (SSSR count). The molecule has 4 nitrogen and oxygen atoms in total. The van der Waals surface area contributed by atoms with Crippen LogP contribution < -0.4 is 0 Å². The molecular weight excluding hydrogens is 599 g/mol. The number of para-hydroxylation sites is 1. The Morgan fingerprint density at radius 1 is 0.408 bits per heavy atom. The van der Waals surface area contributed by atoms with Gasteiger partial charge in [0.1, 0.15) is 11.2 Å². The summed E-state index contributed by atoms with van der Waals surface area (Å²) in [6, 6.07) is 48.9. The lowest BCUT2D eigenvalue weighted by molar-refractivity contribution is 0.669. The summed E-state index contributed by atoms with van der Waals surface area (Å²) in [4.78, 5) is 14.9. The highest BCUT2D eigenvalue weighted by molar-refractivity contribution is 6.15. The molecular formula is C45H29N3O. The van der Waals surface area contributed by atoms with Crippen LogP contribution in [0.3, 0.4) is 0 Å². The lowest BCUT2D eigenvalue weighted by Gasteiger charge is -2.10. The second-order valence-electron chi connectivity index (χ2n) is 11.7. The van der Waals surface area contributed by atoms with Gasteiger partial charge in [-0.15, -0.1) is 0 Å². The zero-order valence-corrected chi connectivity index (χ0v) is 26.2. The molecule has 0 aliphatic heterocycles. The molecule has 0 aliphatic carbocycles. The van der Waals surface area contributed by atoms with Crippen molar-refractivity contribution in [2.75, 3.05) is 0 Å². The van der Waals surface area contributed by atoms with Gasteiger partial charge in [-0.2, -0.15) is 0 Å². The van der Waals surface area contributed by atoms with E-state index in [1.165, 1.54) is 6.07 Å². The monoisotopic (exact) mass is 631 g/mol. The fraction of sp³-hybridized carbons (Fsp3) is 0. The molecule has 0 radical (unpaired) electrons. The Bertz CT molecular complexity index is 2810. The zero-order valence-electron chi connectivity index (χ0n) is 30.2. The average Bonchev–Trinajstić information content (AvgIpc) is 3.61. The average molecular weight is 632 g/mol. The minimum Gasteiger partial charge on any atom is -0.455 e. The molecule has 7 aromatic carbocycles. The van der Waals surface area contributed by atoms with Gasteiger partial charge in [-0.25, -0.2) is 15.0 Å². The van der Waals surface area contributed by atoms with Gasteiger partial charge in [0.05, 0.1) is 11.0 Å². The van der Waals surface area contributed by atoms with Crippen molar-refractivity contribution in [2.45, 2.75) is 0 Å². The second-order valence-corrected chi connectivity index (χ2v) is 11.7. The van der Waals surface area contributed by atoms with E-state index in [-0.39, 0.29) is 46.7 Å². The predicted molar refractivity (Wildman–Crippen MR) is 200 cm³/mol. The number of hydrogen-bond acceptors (Lipinski definition) is 4. The third-order valence-corrected chi connectivity index (χ3v) is 8.66. The third kappa shape index (κ3) is 5.35. The first-order valence-corrected chi connectivity index (χ1v) is 16.0. The second kappa shape index (κ2) is 12.2. The number of nitrogens with zero attached hydrogens (tertiary/aromatic N) is 3. The number of furan rings is 1. The summed E-state index contributed by atoms with van der Waals surface area (Å²) >= 11 is 0. The summed E-state index contributed by atoms with van der Waals surface area (Å²) in [5, 5.41) is 0.972. The molecule has 0 fully saturated rings. The maximum atomic E-state index is 9.17. The van der Waals surface area contributed by atoms with Crippen molar-refractivity contribution in [2.24, 2.45) is 0 Å². The van der Waals surface area contributed by atoms with Gasteiger partial charge in [0.2, 0.25) is 0 Å². The van der Waals surface area contributed by atoms with Gasteiger partial charge in [0, 0.05) is 21.9 Å². The molecule has 49 heavy (non-hydrogen) atoms. The Hall–Kier alpha value is -6.65. The van der Waals surface area contributed by atoms with E-state index < -0.39 is 0 Å². The van der Waals surface area contributed by atoms with Crippen LogP contribution in [0.15, 0.2) is 180 Å². The first-order chi connectivity index (χ1) is 25.9. The van der Waals surface area contributed by atoms with Crippen LogP contribution in [0, 0.1) is 0 Å². The summed E-state index contributed by atoms with van der Waals surface area (Å²) in [5.74, 6) is 1.02. The smallest absolute Gasteiger partial charge is 0.167 e. The highest BCUT2D eigenvalue weighted by Gasteiger charge is 2.19. The van der Waals surface area contributed by atoms with Gasteiger partial charge < -0.3 is 4.42 Å². The molecule has 0 atom stereocenters. The molecule has 0 N–H and O–H groups in total. The van der Waals surface area contributed by atoms with Crippen molar-refractivity contribution in [3.05, 3.63) is 176 Å². The highest BCUT2D eigenvalue weighted by atomic mass is 16.3. The van der Waals surface area contributed by atoms with Gasteiger partial charge in [0.15, 0.2) is 17.5 Å². The van der Waals surface area contributed by atoms with Crippen molar-refractivity contribution < 1.29 is 9.90 Å². The molecule has 0 unspecified atom stereocenters. The summed E-state index contributed by atoms with van der Waals surface area (Å²) in [6.07, 6.45) is 0. The fourth-order valence-corrected chi connectivity index (χ4v) is 6.25. The van der Waals surface area contributed by atoms with E-state index in [0.29, 0.717) is 28.0 Å². The molecule has 0 amide bonds. The lowest BCUT2D eigenvalue weighted by Crippen LogP contribution is -2.00. The molecule has 0 aliphatic rings. The molecule has 0 saturated heterocycles. The minimum atomic E-state index is -0.0963. The Balaban J connectivity index is 1.29. The van der Waals surface area contributed by atoms with Gasteiger partial charge in [-0.3, -0.25) is 0 Å². The maximum Gasteiger partial charge on any atom is 0.167 e. The van der Waals surface area contributed by atoms with Gasteiger partial charge in [-0.05, 0) is 51.5 Å². The molecule has 9 aromatic rings. The number of aromatic nitrogens is 3. The van der Waals surface area contributed by atoms with Gasteiger partial charge in [0.25, 0.3) is 0 Å². The molecule has 4 heteroatoms. The Kier molecular flexibility index (Phi) is 6.09. The molecule has 0 saturated carbocycles. The van der Waals surface area contributed by atoms with Crippen LogP contribution in [0.1, 0.15) is 5.48 Å². The number of benzene rings is 7. The highest BCUT2D eigenvalue weighted by Crippen LogP contribution is 2.40. The largest absolute Gasteiger partial charge is 0.455 e. The first-order valence-electron chi connectivity index (χ1n) is 18.0. The van der Waals surface area contributed by atoms with Crippen LogP contribution in [0.4, 0.5) is 0 Å². The Labute approximate surface area is 289 Å². The van der Waals surface area contributed by atoms with E-state index in [0.717, 1.165) is 38.9 Å². The summed E-state index contributed by atoms with van der Waals surface area (Å²) in [7, 11) is 0. The fourth-order valence-electron chi connectivity index (χ4n) is 6.25. The van der Waals surface area contributed by atoms with Gasteiger partial charge in [-0.1, -0.05) is 158 Å². The third-order valence-electron chi connectivity index (χ3n) is 8.66. The lowest BCUT2D eigenvalue weighted by atomic mass is 9.99. The first kappa shape index (κ1) is 24.5. The van der Waals surface area contributed by atoms with Crippen molar-refractivity contribution in [3.63, 3.8) is 0 Å². The van der Waals surface area contributed by atoms with E-state index in [1.54, 1.807) is 6.07 Å². The van der Waals surface area contributed by atoms with Crippen LogP contribution >= 0.6 is 0 Å². The van der Waals surface area contributed by atoms with Crippen molar-refractivity contribution in [3.8, 4) is 67.5 Å². The Morgan fingerprint density at radius 3 is 1.67 bits per heavy atom. The number of hydrogen-bond donors (Lipinski definition) is 0. The SMILES string of the molecule is [2H]c1cc(-c2ccccc2)c2c(oc3c(-c4nc(-c5ccc(-c6ccccc6)cc5)nc(-c5cccc(-c6ccccc6)c5)n4)c([2H])cc([2H])c32)c1[2H]. The zero-order chi connectivity index (χ0) is 36.1. The molecule has 2 aromatic heterocycles.